The lowest BCUT2D eigenvalue weighted by molar-refractivity contribution is 0.0692. The number of nitrogens with one attached hydrogen (secondary N) is 1. The fraction of sp³-hybridized carbons (Fsp3) is 0. The molecular formula is C11H9FN4O3S. The van der Waals surface area contributed by atoms with Crippen LogP contribution in [0.25, 0.3) is 0 Å². The number of hydrogen-bond acceptors (Lipinski definition) is 6. The van der Waals surface area contributed by atoms with Crippen molar-refractivity contribution in [3.63, 3.8) is 0 Å². The first kappa shape index (κ1) is 13.9. The lowest BCUT2D eigenvalue weighted by Gasteiger charge is -2.07. The Morgan fingerprint density at radius 3 is 2.65 bits per heavy atom. The highest BCUT2D eigenvalue weighted by molar-refractivity contribution is 7.99. The maximum absolute atomic E-state index is 13.6. The number of rotatable bonds is 3. The molecule has 0 saturated heterocycles. The Labute approximate surface area is 115 Å². The van der Waals surface area contributed by atoms with E-state index in [0.29, 0.717) is 0 Å². The third kappa shape index (κ3) is 2.88. The van der Waals surface area contributed by atoms with Crippen LogP contribution >= 0.6 is 11.8 Å². The molecule has 0 aliphatic carbocycles. The van der Waals surface area contributed by atoms with Gasteiger partial charge in [-0.3, -0.25) is 4.79 Å². The molecule has 0 saturated carbocycles. The van der Waals surface area contributed by atoms with Gasteiger partial charge < -0.3 is 21.6 Å². The predicted molar refractivity (Wildman–Crippen MR) is 71.2 cm³/mol. The zero-order valence-electron chi connectivity index (χ0n) is 9.88. The molecule has 104 valence electrons. The first-order valence-corrected chi connectivity index (χ1v) is 6.05. The van der Waals surface area contributed by atoms with Crippen LogP contribution in [-0.2, 0) is 0 Å². The Balaban J connectivity index is 2.41. The molecule has 0 atom stereocenters. The summed E-state index contributed by atoms with van der Waals surface area (Å²) < 4.78 is 13.6. The monoisotopic (exact) mass is 296 g/mol. The van der Waals surface area contributed by atoms with Crippen molar-refractivity contribution in [2.75, 3.05) is 11.5 Å². The van der Waals surface area contributed by atoms with Gasteiger partial charge in [0, 0.05) is 16.6 Å². The summed E-state index contributed by atoms with van der Waals surface area (Å²) in [6, 6.07) is 3.07. The molecule has 6 N–H and O–H groups in total. The summed E-state index contributed by atoms with van der Waals surface area (Å²) in [4.78, 5) is 28.5. The minimum Gasteiger partial charge on any atom is -0.478 e. The van der Waals surface area contributed by atoms with Gasteiger partial charge in [0.05, 0.1) is 5.56 Å². The van der Waals surface area contributed by atoms with E-state index in [2.05, 4.69) is 9.97 Å². The van der Waals surface area contributed by atoms with Crippen LogP contribution in [0.1, 0.15) is 10.4 Å². The van der Waals surface area contributed by atoms with Crippen molar-refractivity contribution < 1.29 is 14.3 Å². The van der Waals surface area contributed by atoms with E-state index in [1.807, 2.05) is 0 Å². The van der Waals surface area contributed by atoms with Crippen molar-refractivity contribution in [2.45, 2.75) is 10.1 Å². The first-order chi connectivity index (χ1) is 9.36. The van der Waals surface area contributed by atoms with Crippen molar-refractivity contribution in [3.05, 3.63) is 39.9 Å². The maximum atomic E-state index is 13.6. The highest BCUT2D eigenvalue weighted by Crippen LogP contribution is 2.31. The minimum absolute atomic E-state index is 0.0115. The molecule has 1 aromatic carbocycles. The second-order valence-electron chi connectivity index (χ2n) is 3.75. The average molecular weight is 296 g/mol. The van der Waals surface area contributed by atoms with Crippen molar-refractivity contribution >= 4 is 29.2 Å². The van der Waals surface area contributed by atoms with Crippen LogP contribution in [-0.4, -0.2) is 21.0 Å². The second kappa shape index (κ2) is 5.21. The van der Waals surface area contributed by atoms with E-state index in [-0.39, 0.29) is 21.6 Å². The molecule has 0 aliphatic rings. The number of H-pyrrole nitrogens is 1. The first-order valence-electron chi connectivity index (χ1n) is 5.24. The number of carbonyl (C=O) groups is 1. The zero-order chi connectivity index (χ0) is 14.9. The van der Waals surface area contributed by atoms with Crippen molar-refractivity contribution in [1.82, 2.24) is 9.97 Å². The van der Waals surface area contributed by atoms with Crippen LogP contribution in [0, 0.1) is 5.82 Å². The highest BCUT2D eigenvalue weighted by atomic mass is 32.2. The van der Waals surface area contributed by atoms with Gasteiger partial charge in [-0.1, -0.05) is 0 Å². The fourth-order valence-electron chi connectivity index (χ4n) is 1.43. The van der Waals surface area contributed by atoms with E-state index < -0.39 is 22.9 Å². The molecule has 2 rings (SSSR count). The van der Waals surface area contributed by atoms with Crippen molar-refractivity contribution in [3.8, 4) is 0 Å². The minimum atomic E-state index is -1.42. The SMILES string of the molecule is Nc1cc(=O)[nH]c(Sc2cc(F)c(C(=O)O)cc2N)n1. The fourth-order valence-corrected chi connectivity index (χ4v) is 2.28. The Hall–Kier alpha value is -2.55. The normalized spacial score (nSPS) is 10.4. The number of carboxylic acids is 1. The lowest BCUT2D eigenvalue weighted by atomic mass is 10.2. The van der Waals surface area contributed by atoms with E-state index in [0.717, 1.165) is 30.0 Å². The van der Waals surface area contributed by atoms with E-state index >= 15 is 0 Å². The van der Waals surface area contributed by atoms with E-state index in [9.17, 15) is 14.0 Å². The maximum Gasteiger partial charge on any atom is 0.338 e. The van der Waals surface area contributed by atoms with Crippen LogP contribution in [0.3, 0.4) is 0 Å². The quantitative estimate of drug-likeness (QED) is 0.488. The number of aromatic nitrogens is 2. The number of aromatic amines is 1. The molecule has 20 heavy (non-hydrogen) atoms. The molecule has 0 unspecified atom stereocenters. The number of nitrogens with two attached hydrogens (primary N) is 2. The summed E-state index contributed by atoms with van der Waals surface area (Å²) in [5, 5.41) is 8.89. The molecule has 1 heterocycles. The number of nitrogens with zero attached hydrogens (tertiary/aromatic N) is 1. The van der Waals surface area contributed by atoms with Gasteiger partial charge in [0.15, 0.2) is 5.16 Å². The number of hydrogen-bond donors (Lipinski definition) is 4. The Morgan fingerprint density at radius 2 is 2.05 bits per heavy atom. The van der Waals surface area contributed by atoms with Crippen molar-refractivity contribution in [1.29, 1.82) is 0 Å². The van der Waals surface area contributed by atoms with Crippen LogP contribution in [0.15, 0.2) is 33.0 Å². The molecular weight excluding hydrogens is 287 g/mol. The molecule has 0 amide bonds. The smallest absolute Gasteiger partial charge is 0.338 e. The highest BCUT2D eigenvalue weighted by Gasteiger charge is 2.15. The van der Waals surface area contributed by atoms with Gasteiger partial charge in [0.1, 0.15) is 11.6 Å². The Kier molecular flexibility index (Phi) is 3.61. The molecule has 7 nitrogen and oxygen atoms in total. The van der Waals surface area contributed by atoms with E-state index in [1.165, 1.54) is 0 Å². The topological polar surface area (TPSA) is 135 Å². The molecule has 0 radical (unpaired) electrons. The van der Waals surface area contributed by atoms with Gasteiger partial charge in [-0.05, 0) is 23.9 Å². The summed E-state index contributed by atoms with van der Waals surface area (Å²) in [7, 11) is 0. The number of carboxylic acid groups (broad SMARTS) is 1. The number of anilines is 2. The van der Waals surface area contributed by atoms with Gasteiger partial charge in [-0.2, -0.15) is 0 Å². The molecule has 9 heteroatoms. The molecule has 0 fully saturated rings. The van der Waals surface area contributed by atoms with Crippen LogP contribution in [0.2, 0.25) is 0 Å². The summed E-state index contributed by atoms with van der Waals surface area (Å²) in [6.07, 6.45) is 0. The summed E-state index contributed by atoms with van der Waals surface area (Å²) >= 11 is 0.873. The van der Waals surface area contributed by atoms with Gasteiger partial charge in [-0.15, -0.1) is 0 Å². The summed E-state index contributed by atoms with van der Waals surface area (Å²) in [5.74, 6) is -2.33. The summed E-state index contributed by atoms with van der Waals surface area (Å²) in [5.41, 5.74) is 10.1. The third-order valence-corrected chi connectivity index (χ3v) is 3.24. The third-order valence-electron chi connectivity index (χ3n) is 2.28. The van der Waals surface area contributed by atoms with Gasteiger partial charge in [0.25, 0.3) is 5.56 Å². The largest absolute Gasteiger partial charge is 0.478 e. The van der Waals surface area contributed by atoms with Crippen LogP contribution in [0.4, 0.5) is 15.9 Å². The average Bonchev–Trinajstić information content (AvgIpc) is 2.31. The molecule has 0 aliphatic heterocycles. The summed E-state index contributed by atoms with van der Waals surface area (Å²) in [6.45, 7) is 0. The standard InChI is InChI=1S/C11H9FN4O3S/c12-5-2-7(6(13)1-4(5)10(18)19)20-11-15-8(14)3-9(17)16-11/h1-3H,13H2,(H,18,19)(H3,14,15,16,17). The Bertz CT molecular complexity index is 747. The van der Waals surface area contributed by atoms with Crippen LogP contribution < -0.4 is 17.0 Å². The number of benzene rings is 1. The predicted octanol–water partition coefficient (Wildman–Crippen LogP) is 0.923. The molecule has 0 spiro atoms. The Morgan fingerprint density at radius 1 is 1.35 bits per heavy atom. The second-order valence-corrected chi connectivity index (χ2v) is 4.78. The molecule has 2 aromatic rings. The van der Waals surface area contributed by atoms with Crippen LogP contribution in [0.5, 0.6) is 0 Å². The number of nitrogen functional groups attached to an aromatic ring is 2. The molecule has 1 aromatic heterocycles. The van der Waals surface area contributed by atoms with Crippen molar-refractivity contribution in [2.24, 2.45) is 0 Å². The van der Waals surface area contributed by atoms with Gasteiger partial charge >= 0.3 is 5.97 Å². The number of aromatic carboxylic acids is 1. The van der Waals surface area contributed by atoms with E-state index in [1.54, 1.807) is 0 Å². The van der Waals surface area contributed by atoms with Gasteiger partial charge in [0.2, 0.25) is 0 Å². The number of halogens is 1. The zero-order valence-corrected chi connectivity index (χ0v) is 10.7. The lowest BCUT2D eigenvalue weighted by Crippen LogP contribution is -2.09. The van der Waals surface area contributed by atoms with E-state index in [4.69, 9.17) is 16.6 Å². The van der Waals surface area contributed by atoms with Gasteiger partial charge in [-0.25, -0.2) is 14.2 Å². The molecule has 0 bridgehead atoms.